The fraction of sp³-hybridized carbons (Fsp3) is 0.174. The van der Waals surface area contributed by atoms with Gasteiger partial charge in [0, 0.05) is 29.9 Å². The quantitative estimate of drug-likeness (QED) is 0.504. The van der Waals surface area contributed by atoms with Crippen molar-refractivity contribution in [3.63, 3.8) is 0 Å². The van der Waals surface area contributed by atoms with Gasteiger partial charge in [-0.25, -0.2) is 0 Å². The standard InChI is InChI=1S/C23H21N3O3/c1-16-13-18-9-5-6-10-21(18)25(16)23(27)19-11-12-20(22(14-19)26(28)29)24-15-17-7-3-2-4-8-17/h2-12,14,16,24H,13,15H2,1H3/t16-/m1/s1. The largest absolute Gasteiger partial charge is 0.375 e. The van der Waals surface area contributed by atoms with Crippen molar-refractivity contribution in [3.8, 4) is 0 Å². The molecule has 0 radical (unpaired) electrons. The van der Waals surface area contributed by atoms with Crippen LogP contribution in [0, 0.1) is 10.1 Å². The van der Waals surface area contributed by atoms with Crippen molar-refractivity contribution in [2.45, 2.75) is 25.9 Å². The molecule has 1 aliphatic rings. The van der Waals surface area contributed by atoms with Gasteiger partial charge in [0.2, 0.25) is 0 Å². The molecule has 1 N–H and O–H groups in total. The Bertz CT molecular complexity index is 1070. The fourth-order valence-electron chi connectivity index (χ4n) is 3.77. The SMILES string of the molecule is C[C@@H]1Cc2ccccc2N1C(=O)c1ccc(NCc2ccccc2)c([N+](=O)[O-])c1. The second-order valence-corrected chi connectivity index (χ2v) is 7.19. The highest BCUT2D eigenvalue weighted by molar-refractivity contribution is 6.08. The Balaban J connectivity index is 1.61. The summed E-state index contributed by atoms with van der Waals surface area (Å²) in [5, 5.41) is 14.7. The molecule has 3 aromatic carbocycles. The summed E-state index contributed by atoms with van der Waals surface area (Å²) in [6.45, 7) is 2.45. The molecular weight excluding hydrogens is 366 g/mol. The van der Waals surface area contributed by atoms with Crippen LogP contribution in [0.15, 0.2) is 72.8 Å². The molecule has 4 rings (SSSR count). The summed E-state index contributed by atoms with van der Waals surface area (Å²) in [6.07, 6.45) is 0.778. The molecule has 1 aliphatic heterocycles. The van der Waals surface area contributed by atoms with Crippen molar-refractivity contribution >= 4 is 23.0 Å². The zero-order valence-electron chi connectivity index (χ0n) is 16.0. The van der Waals surface area contributed by atoms with Crippen LogP contribution >= 0.6 is 0 Å². The lowest BCUT2D eigenvalue weighted by Crippen LogP contribution is -2.35. The molecule has 29 heavy (non-hydrogen) atoms. The average molecular weight is 387 g/mol. The number of amides is 1. The number of carbonyl (C=O) groups excluding carboxylic acids is 1. The molecule has 0 bridgehead atoms. The Morgan fingerprint density at radius 1 is 1.10 bits per heavy atom. The minimum Gasteiger partial charge on any atom is -0.375 e. The van der Waals surface area contributed by atoms with Gasteiger partial charge in [0.25, 0.3) is 11.6 Å². The van der Waals surface area contributed by atoms with Crippen LogP contribution in [0.4, 0.5) is 17.1 Å². The Morgan fingerprint density at radius 2 is 1.83 bits per heavy atom. The summed E-state index contributed by atoms with van der Waals surface area (Å²) in [5.41, 5.74) is 3.61. The van der Waals surface area contributed by atoms with Crippen LogP contribution in [0.5, 0.6) is 0 Å². The van der Waals surface area contributed by atoms with E-state index in [2.05, 4.69) is 5.32 Å². The first kappa shape index (κ1) is 18.7. The molecule has 0 fully saturated rings. The van der Waals surface area contributed by atoms with Crippen LogP contribution in [0.1, 0.15) is 28.4 Å². The number of rotatable bonds is 5. The summed E-state index contributed by atoms with van der Waals surface area (Å²) >= 11 is 0. The first-order valence-electron chi connectivity index (χ1n) is 9.52. The third-order valence-corrected chi connectivity index (χ3v) is 5.19. The second kappa shape index (κ2) is 7.75. The van der Waals surface area contributed by atoms with Gasteiger partial charge in [-0.3, -0.25) is 14.9 Å². The van der Waals surface area contributed by atoms with Crippen LogP contribution in [-0.2, 0) is 13.0 Å². The minimum absolute atomic E-state index is 0.00911. The topological polar surface area (TPSA) is 75.5 Å². The maximum absolute atomic E-state index is 13.2. The van der Waals surface area contributed by atoms with E-state index in [1.54, 1.807) is 17.0 Å². The Kier molecular flexibility index (Phi) is 4.99. The third kappa shape index (κ3) is 3.69. The van der Waals surface area contributed by atoms with E-state index in [-0.39, 0.29) is 17.6 Å². The molecule has 6 nitrogen and oxygen atoms in total. The van der Waals surface area contributed by atoms with Crippen molar-refractivity contribution in [1.82, 2.24) is 0 Å². The van der Waals surface area contributed by atoms with Gasteiger partial charge >= 0.3 is 0 Å². The number of carbonyl (C=O) groups is 1. The molecule has 0 aromatic heterocycles. The fourth-order valence-corrected chi connectivity index (χ4v) is 3.77. The number of para-hydroxylation sites is 1. The summed E-state index contributed by atoms with van der Waals surface area (Å²) < 4.78 is 0. The van der Waals surface area contributed by atoms with E-state index in [1.165, 1.54) is 6.07 Å². The number of fused-ring (bicyclic) bond motifs is 1. The van der Waals surface area contributed by atoms with Crippen molar-refractivity contribution in [2.24, 2.45) is 0 Å². The number of anilines is 2. The molecule has 146 valence electrons. The van der Waals surface area contributed by atoms with Gasteiger partial charge in [-0.1, -0.05) is 48.5 Å². The van der Waals surface area contributed by atoms with Crippen molar-refractivity contribution < 1.29 is 9.72 Å². The van der Waals surface area contributed by atoms with Gasteiger partial charge in [-0.2, -0.15) is 0 Å². The second-order valence-electron chi connectivity index (χ2n) is 7.19. The predicted octanol–water partition coefficient (Wildman–Crippen LogP) is 4.80. The van der Waals surface area contributed by atoms with Crippen molar-refractivity contribution in [3.05, 3.63) is 99.6 Å². The number of hydrogen-bond donors (Lipinski definition) is 1. The highest BCUT2D eigenvalue weighted by Crippen LogP contribution is 2.34. The highest BCUT2D eigenvalue weighted by atomic mass is 16.6. The first-order chi connectivity index (χ1) is 14.0. The smallest absolute Gasteiger partial charge is 0.293 e. The third-order valence-electron chi connectivity index (χ3n) is 5.19. The predicted molar refractivity (Wildman–Crippen MR) is 113 cm³/mol. The summed E-state index contributed by atoms with van der Waals surface area (Å²) in [5.74, 6) is -0.222. The number of benzene rings is 3. The van der Waals surface area contributed by atoms with E-state index in [0.717, 1.165) is 23.2 Å². The molecule has 1 amide bonds. The lowest BCUT2D eigenvalue weighted by molar-refractivity contribution is -0.384. The number of nitro groups is 1. The Hall–Kier alpha value is -3.67. The average Bonchev–Trinajstić information content (AvgIpc) is 3.08. The number of hydrogen-bond acceptors (Lipinski definition) is 4. The van der Waals surface area contributed by atoms with Gasteiger partial charge in [-0.15, -0.1) is 0 Å². The van der Waals surface area contributed by atoms with Crippen LogP contribution < -0.4 is 10.2 Å². The zero-order chi connectivity index (χ0) is 20.4. The molecule has 3 aromatic rings. The zero-order valence-corrected chi connectivity index (χ0v) is 16.0. The molecule has 6 heteroatoms. The van der Waals surface area contributed by atoms with Gasteiger partial charge in [-0.05, 0) is 42.7 Å². The van der Waals surface area contributed by atoms with E-state index in [0.29, 0.717) is 17.8 Å². The van der Waals surface area contributed by atoms with Crippen molar-refractivity contribution in [2.75, 3.05) is 10.2 Å². The van der Waals surface area contributed by atoms with Crippen LogP contribution in [0.25, 0.3) is 0 Å². The molecule has 0 saturated carbocycles. The normalized spacial score (nSPS) is 15.1. The summed E-state index contributed by atoms with van der Waals surface area (Å²) in [7, 11) is 0. The molecule has 0 aliphatic carbocycles. The van der Waals surface area contributed by atoms with E-state index in [9.17, 15) is 14.9 Å². The van der Waals surface area contributed by atoms with Gasteiger partial charge < -0.3 is 10.2 Å². The molecule has 1 atom stereocenters. The first-order valence-corrected chi connectivity index (χ1v) is 9.52. The number of nitrogens with one attached hydrogen (secondary N) is 1. The Labute approximate surface area is 168 Å². The van der Waals surface area contributed by atoms with Crippen LogP contribution in [0.3, 0.4) is 0 Å². The van der Waals surface area contributed by atoms with Crippen LogP contribution in [0.2, 0.25) is 0 Å². The number of nitrogens with zero attached hydrogens (tertiary/aromatic N) is 2. The van der Waals surface area contributed by atoms with E-state index < -0.39 is 4.92 Å². The molecule has 0 saturated heterocycles. The maximum Gasteiger partial charge on any atom is 0.293 e. The van der Waals surface area contributed by atoms with E-state index >= 15 is 0 Å². The summed E-state index contributed by atoms with van der Waals surface area (Å²) in [6, 6.07) is 22.1. The molecule has 1 heterocycles. The maximum atomic E-state index is 13.2. The summed E-state index contributed by atoms with van der Waals surface area (Å²) in [4.78, 5) is 26.1. The molecule has 0 spiro atoms. The van der Waals surface area contributed by atoms with E-state index in [4.69, 9.17) is 0 Å². The van der Waals surface area contributed by atoms with Gasteiger partial charge in [0.1, 0.15) is 5.69 Å². The van der Waals surface area contributed by atoms with Crippen LogP contribution in [-0.4, -0.2) is 16.9 Å². The van der Waals surface area contributed by atoms with Gasteiger partial charge in [0.05, 0.1) is 4.92 Å². The molecular formula is C23H21N3O3. The lowest BCUT2D eigenvalue weighted by atomic mass is 10.1. The highest BCUT2D eigenvalue weighted by Gasteiger charge is 2.32. The Morgan fingerprint density at radius 3 is 2.59 bits per heavy atom. The monoisotopic (exact) mass is 387 g/mol. The van der Waals surface area contributed by atoms with E-state index in [1.807, 2.05) is 61.5 Å². The molecule has 0 unspecified atom stereocenters. The minimum atomic E-state index is -0.453. The van der Waals surface area contributed by atoms with Crippen molar-refractivity contribution in [1.29, 1.82) is 0 Å². The lowest BCUT2D eigenvalue weighted by Gasteiger charge is -2.23. The number of nitro benzene ring substituents is 1. The van der Waals surface area contributed by atoms with Gasteiger partial charge in [0.15, 0.2) is 0 Å².